The van der Waals surface area contributed by atoms with Crippen LogP contribution < -0.4 is 24.3 Å². The molecule has 0 fully saturated rings. The lowest BCUT2D eigenvalue weighted by atomic mass is 10.1. The number of ether oxygens (including phenoxy) is 4. The number of fused-ring (bicyclic) bond motifs is 1. The fraction of sp³-hybridized carbons (Fsp3) is 0.381. The molecule has 0 saturated carbocycles. The number of carbonyl (C=O) groups is 1. The van der Waals surface area contributed by atoms with Crippen molar-refractivity contribution in [3.8, 4) is 23.0 Å². The van der Waals surface area contributed by atoms with E-state index in [1.165, 1.54) is 17.5 Å². The van der Waals surface area contributed by atoms with Crippen LogP contribution in [0.5, 0.6) is 23.0 Å². The quantitative estimate of drug-likeness (QED) is 0.773. The van der Waals surface area contributed by atoms with Crippen molar-refractivity contribution in [1.29, 1.82) is 0 Å². The van der Waals surface area contributed by atoms with Crippen molar-refractivity contribution in [2.45, 2.75) is 25.8 Å². The number of methoxy groups -OCH3 is 3. The van der Waals surface area contributed by atoms with Crippen molar-refractivity contribution in [3.05, 3.63) is 47.0 Å². The van der Waals surface area contributed by atoms with Crippen molar-refractivity contribution in [3.63, 3.8) is 0 Å². The Morgan fingerprint density at radius 3 is 2.37 bits per heavy atom. The van der Waals surface area contributed by atoms with E-state index in [2.05, 4.69) is 11.4 Å². The van der Waals surface area contributed by atoms with Crippen LogP contribution in [0.15, 0.2) is 30.3 Å². The van der Waals surface area contributed by atoms with Gasteiger partial charge in [-0.3, -0.25) is 4.79 Å². The third-order valence-corrected chi connectivity index (χ3v) is 4.70. The molecule has 2 aromatic carbocycles. The van der Waals surface area contributed by atoms with Crippen LogP contribution in [-0.2, 0) is 24.2 Å². The highest BCUT2D eigenvalue weighted by molar-refractivity contribution is 5.77. The number of aryl methyl sites for hydroxylation is 2. The molecule has 2 aromatic rings. The molecule has 0 heterocycles. The molecule has 0 saturated heterocycles. The molecule has 1 N–H and O–H groups in total. The van der Waals surface area contributed by atoms with Crippen molar-refractivity contribution in [2.24, 2.45) is 0 Å². The van der Waals surface area contributed by atoms with E-state index >= 15 is 0 Å². The van der Waals surface area contributed by atoms with Crippen molar-refractivity contribution < 1.29 is 23.7 Å². The molecule has 1 amide bonds. The van der Waals surface area contributed by atoms with Crippen LogP contribution in [0, 0.1) is 0 Å². The van der Waals surface area contributed by atoms with Gasteiger partial charge in [-0.25, -0.2) is 0 Å². The highest BCUT2D eigenvalue weighted by Crippen LogP contribution is 2.34. The Bertz CT molecular complexity index is 818. The summed E-state index contributed by atoms with van der Waals surface area (Å²) in [6.07, 6.45) is 3.40. The minimum absolute atomic E-state index is 0.0333. The van der Waals surface area contributed by atoms with Gasteiger partial charge in [0.15, 0.2) is 18.1 Å². The van der Waals surface area contributed by atoms with Crippen LogP contribution in [0.2, 0.25) is 0 Å². The van der Waals surface area contributed by atoms with Gasteiger partial charge in [0.25, 0.3) is 5.91 Å². The van der Waals surface area contributed by atoms with E-state index in [1.54, 1.807) is 33.5 Å². The van der Waals surface area contributed by atoms with Crippen LogP contribution in [-0.4, -0.2) is 33.8 Å². The van der Waals surface area contributed by atoms with E-state index < -0.39 is 0 Å². The van der Waals surface area contributed by atoms with Gasteiger partial charge < -0.3 is 24.3 Å². The van der Waals surface area contributed by atoms with E-state index in [-0.39, 0.29) is 12.5 Å². The minimum Gasteiger partial charge on any atom is -0.496 e. The molecule has 0 aliphatic heterocycles. The van der Waals surface area contributed by atoms with E-state index in [0.29, 0.717) is 23.8 Å². The predicted molar refractivity (Wildman–Crippen MR) is 102 cm³/mol. The van der Waals surface area contributed by atoms with Crippen molar-refractivity contribution >= 4 is 5.91 Å². The predicted octanol–water partition coefficient (Wildman–Crippen LogP) is 2.90. The summed E-state index contributed by atoms with van der Waals surface area (Å²) in [7, 11) is 4.70. The standard InChI is InChI=1S/C21H25NO5/c1-24-18-11-20(26-3)19(25-2)10-16(18)12-22-21(23)13-27-17-8-7-14-5-4-6-15(14)9-17/h7-11H,4-6,12-13H2,1-3H3,(H,22,23). The first-order valence-corrected chi connectivity index (χ1v) is 8.94. The van der Waals surface area contributed by atoms with E-state index in [0.717, 1.165) is 24.2 Å². The molecule has 27 heavy (non-hydrogen) atoms. The van der Waals surface area contributed by atoms with Crippen LogP contribution >= 0.6 is 0 Å². The molecule has 3 rings (SSSR count). The topological polar surface area (TPSA) is 66.0 Å². The maximum absolute atomic E-state index is 12.2. The molecule has 0 atom stereocenters. The van der Waals surface area contributed by atoms with Gasteiger partial charge in [-0.1, -0.05) is 6.07 Å². The maximum Gasteiger partial charge on any atom is 0.258 e. The zero-order valence-corrected chi connectivity index (χ0v) is 16.0. The van der Waals surface area contributed by atoms with Crippen LogP contribution in [0.4, 0.5) is 0 Å². The Morgan fingerprint density at radius 2 is 1.63 bits per heavy atom. The first kappa shape index (κ1) is 18.9. The summed E-state index contributed by atoms with van der Waals surface area (Å²) >= 11 is 0. The van der Waals surface area contributed by atoms with Crippen LogP contribution in [0.1, 0.15) is 23.1 Å². The van der Waals surface area contributed by atoms with Crippen molar-refractivity contribution in [1.82, 2.24) is 5.32 Å². The van der Waals surface area contributed by atoms with Crippen molar-refractivity contribution in [2.75, 3.05) is 27.9 Å². The van der Waals surface area contributed by atoms with Gasteiger partial charge in [-0.15, -0.1) is 0 Å². The fourth-order valence-corrected chi connectivity index (χ4v) is 3.26. The fourth-order valence-electron chi connectivity index (χ4n) is 3.26. The lowest BCUT2D eigenvalue weighted by molar-refractivity contribution is -0.123. The summed E-state index contributed by atoms with van der Waals surface area (Å²) in [6, 6.07) is 9.58. The SMILES string of the molecule is COc1cc(OC)c(OC)cc1CNC(=O)COc1ccc2c(c1)CCC2. The lowest BCUT2D eigenvalue weighted by Gasteiger charge is -2.15. The first-order chi connectivity index (χ1) is 13.1. The molecule has 144 valence electrons. The molecule has 1 aliphatic carbocycles. The third kappa shape index (κ3) is 4.45. The Labute approximate surface area is 159 Å². The average Bonchev–Trinajstić information content (AvgIpc) is 3.17. The van der Waals surface area contributed by atoms with Gasteiger partial charge in [0.1, 0.15) is 11.5 Å². The van der Waals surface area contributed by atoms with Crippen LogP contribution in [0.25, 0.3) is 0 Å². The first-order valence-electron chi connectivity index (χ1n) is 8.94. The molecule has 0 spiro atoms. The number of hydrogen-bond acceptors (Lipinski definition) is 5. The van der Waals surface area contributed by atoms with Gasteiger partial charge in [-0.05, 0) is 48.6 Å². The third-order valence-electron chi connectivity index (χ3n) is 4.70. The minimum atomic E-state index is -0.202. The van der Waals surface area contributed by atoms with Gasteiger partial charge in [0.05, 0.1) is 21.3 Å². The van der Waals surface area contributed by atoms with Gasteiger partial charge in [0, 0.05) is 18.2 Å². The summed E-state index contributed by atoms with van der Waals surface area (Å²) in [5, 5.41) is 2.84. The summed E-state index contributed by atoms with van der Waals surface area (Å²) in [5.74, 6) is 2.30. The molecule has 0 unspecified atom stereocenters. The van der Waals surface area contributed by atoms with Gasteiger partial charge in [-0.2, -0.15) is 0 Å². The monoisotopic (exact) mass is 371 g/mol. The zero-order valence-electron chi connectivity index (χ0n) is 16.0. The second-order valence-corrected chi connectivity index (χ2v) is 6.37. The number of amides is 1. The smallest absolute Gasteiger partial charge is 0.258 e. The number of benzene rings is 2. The molecule has 6 nitrogen and oxygen atoms in total. The summed E-state index contributed by atoms with van der Waals surface area (Å²) in [5.41, 5.74) is 3.50. The highest BCUT2D eigenvalue weighted by Gasteiger charge is 2.14. The molecule has 6 heteroatoms. The van der Waals surface area contributed by atoms with Gasteiger partial charge >= 0.3 is 0 Å². The summed E-state index contributed by atoms with van der Waals surface area (Å²) in [4.78, 5) is 12.2. The molecule has 1 aliphatic rings. The largest absolute Gasteiger partial charge is 0.496 e. The number of nitrogens with one attached hydrogen (secondary N) is 1. The number of carbonyl (C=O) groups excluding carboxylic acids is 1. The lowest BCUT2D eigenvalue weighted by Crippen LogP contribution is -2.28. The van der Waals surface area contributed by atoms with Crippen LogP contribution in [0.3, 0.4) is 0 Å². The maximum atomic E-state index is 12.2. The second-order valence-electron chi connectivity index (χ2n) is 6.37. The van der Waals surface area contributed by atoms with E-state index in [9.17, 15) is 4.79 Å². The molecular weight excluding hydrogens is 346 g/mol. The Kier molecular flexibility index (Phi) is 6.06. The zero-order chi connectivity index (χ0) is 19.2. The molecular formula is C21H25NO5. The van der Waals surface area contributed by atoms with E-state index in [4.69, 9.17) is 18.9 Å². The highest BCUT2D eigenvalue weighted by atomic mass is 16.5. The van der Waals surface area contributed by atoms with E-state index in [1.807, 2.05) is 12.1 Å². The Hall–Kier alpha value is -2.89. The number of rotatable bonds is 8. The molecule has 0 bridgehead atoms. The Balaban J connectivity index is 1.57. The summed E-state index contributed by atoms with van der Waals surface area (Å²) in [6.45, 7) is 0.268. The Morgan fingerprint density at radius 1 is 0.926 bits per heavy atom. The number of hydrogen-bond donors (Lipinski definition) is 1. The molecule has 0 radical (unpaired) electrons. The second kappa shape index (κ2) is 8.66. The average molecular weight is 371 g/mol. The molecule has 0 aromatic heterocycles. The summed E-state index contributed by atoms with van der Waals surface area (Å²) < 4.78 is 21.6. The van der Waals surface area contributed by atoms with Gasteiger partial charge in [0.2, 0.25) is 0 Å². The normalized spacial score (nSPS) is 12.3.